The summed E-state index contributed by atoms with van der Waals surface area (Å²) >= 11 is 12.0. The van der Waals surface area contributed by atoms with Crippen molar-refractivity contribution >= 4 is 29.0 Å². The van der Waals surface area contributed by atoms with Crippen molar-refractivity contribution in [2.24, 2.45) is 0 Å². The lowest BCUT2D eigenvalue weighted by molar-refractivity contribution is 0.0993. The topological polar surface area (TPSA) is 35.5 Å². The predicted octanol–water partition coefficient (Wildman–Crippen LogP) is 4.44. The molecule has 0 atom stereocenters. The summed E-state index contributed by atoms with van der Waals surface area (Å²) < 4.78 is 10.4. The quantitative estimate of drug-likeness (QED) is 0.763. The summed E-state index contributed by atoms with van der Waals surface area (Å²) in [6, 6.07) is 10.4. The van der Waals surface area contributed by atoms with Crippen molar-refractivity contribution in [1.82, 2.24) is 0 Å². The van der Waals surface area contributed by atoms with E-state index in [1.54, 1.807) is 44.6 Å². The van der Waals surface area contributed by atoms with E-state index in [0.717, 1.165) is 5.56 Å². The fourth-order valence-corrected chi connectivity index (χ4v) is 2.40. The first-order chi connectivity index (χ1) is 10.1. The molecule has 0 aliphatic rings. The van der Waals surface area contributed by atoms with Gasteiger partial charge in [-0.15, -0.1) is 0 Å². The minimum Gasteiger partial charge on any atom is -0.493 e. The second-order valence-electron chi connectivity index (χ2n) is 4.39. The van der Waals surface area contributed by atoms with Crippen LogP contribution in [0.5, 0.6) is 11.5 Å². The average Bonchev–Trinajstić information content (AvgIpc) is 2.49. The zero-order chi connectivity index (χ0) is 15.4. The number of benzene rings is 2. The van der Waals surface area contributed by atoms with E-state index in [1.165, 1.54) is 0 Å². The molecule has 0 N–H and O–H groups in total. The molecule has 2 aromatic rings. The number of hydrogen-bond donors (Lipinski definition) is 0. The van der Waals surface area contributed by atoms with E-state index in [1.807, 2.05) is 6.07 Å². The maximum absolute atomic E-state index is 12.3. The minimum atomic E-state index is -0.102. The van der Waals surface area contributed by atoms with E-state index >= 15 is 0 Å². The van der Waals surface area contributed by atoms with Gasteiger partial charge in [0, 0.05) is 12.0 Å². The predicted molar refractivity (Wildman–Crippen MR) is 84.0 cm³/mol. The average molecular weight is 325 g/mol. The van der Waals surface area contributed by atoms with Gasteiger partial charge in [-0.2, -0.15) is 0 Å². The van der Waals surface area contributed by atoms with Crippen molar-refractivity contribution in [2.45, 2.75) is 6.42 Å². The molecule has 2 aromatic carbocycles. The summed E-state index contributed by atoms with van der Waals surface area (Å²) in [6.07, 6.45) is 0.209. The van der Waals surface area contributed by atoms with Gasteiger partial charge in [0.25, 0.3) is 0 Å². The molecule has 0 fully saturated rings. The van der Waals surface area contributed by atoms with Gasteiger partial charge in [-0.3, -0.25) is 4.79 Å². The lowest BCUT2D eigenvalue weighted by atomic mass is 10.0. The minimum absolute atomic E-state index is 0.102. The molecule has 3 nitrogen and oxygen atoms in total. The molecule has 0 saturated carbocycles. The van der Waals surface area contributed by atoms with Crippen LogP contribution in [0.3, 0.4) is 0 Å². The van der Waals surface area contributed by atoms with Gasteiger partial charge in [-0.05, 0) is 29.8 Å². The van der Waals surface area contributed by atoms with E-state index < -0.39 is 0 Å². The molecule has 0 spiro atoms. The number of halogens is 2. The van der Waals surface area contributed by atoms with Crippen molar-refractivity contribution in [3.8, 4) is 11.5 Å². The fraction of sp³-hybridized carbons (Fsp3) is 0.188. The van der Waals surface area contributed by atoms with Crippen LogP contribution in [-0.4, -0.2) is 20.0 Å². The summed E-state index contributed by atoms with van der Waals surface area (Å²) in [5, 5.41) is 0.652. The van der Waals surface area contributed by atoms with Crippen LogP contribution in [0.15, 0.2) is 36.4 Å². The molecule has 0 aliphatic carbocycles. The largest absolute Gasteiger partial charge is 0.493 e. The fourth-order valence-electron chi connectivity index (χ4n) is 1.99. The third-order valence-electron chi connectivity index (χ3n) is 3.06. The van der Waals surface area contributed by atoms with Crippen LogP contribution in [0.2, 0.25) is 10.0 Å². The molecule has 0 heterocycles. The molecule has 5 heteroatoms. The number of ether oxygens (including phenoxy) is 2. The van der Waals surface area contributed by atoms with Crippen LogP contribution < -0.4 is 9.47 Å². The number of ketones is 1. The Morgan fingerprint density at radius 3 is 2.43 bits per heavy atom. The van der Waals surface area contributed by atoms with Crippen LogP contribution >= 0.6 is 23.2 Å². The van der Waals surface area contributed by atoms with Gasteiger partial charge in [-0.1, -0.05) is 35.3 Å². The maximum Gasteiger partial charge on any atom is 0.168 e. The van der Waals surface area contributed by atoms with Crippen LogP contribution in [0.4, 0.5) is 0 Å². The van der Waals surface area contributed by atoms with Gasteiger partial charge in [0.2, 0.25) is 0 Å². The Labute approximate surface area is 133 Å². The lowest BCUT2D eigenvalue weighted by Gasteiger charge is -2.10. The Balaban J connectivity index is 2.25. The molecule has 0 saturated heterocycles. The Morgan fingerprint density at radius 2 is 1.76 bits per heavy atom. The normalized spacial score (nSPS) is 10.3. The molecule has 110 valence electrons. The second-order valence-corrected chi connectivity index (χ2v) is 5.18. The van der Waals surface area contributed by atoms with E-state index in [9.17, 15) is 4.79 Å². The van der Waals surface area contributed by atoms with Gasteiger partial charge in [0.15, 0.2) is 17.3 Å². The first-order valence-corrected chi connectivity index (χ1v) is 7.00. The van der Waals surface area contributed by atoms with Crippen molar-refractivity contribution in [3.05, 3.63) is 57.6 Å². The summed E-state index contributed by atoms with van der Waals surface area (Å²) in [4.78, 5) is 12.3. The Kier molecular flexibility index (Phi) is 5.10. The summed E-state index contributed by atoms with van der Waals surface area (Å²) in [7, 11) is 3.12. The Morgan fingerprint density at radius 1 is 1.05 bits per heavy atom. The molecule has 0 aliphatic heterocycles. The zero-order valence-electron chi connectivity index (χ0n) is 11.7. The van der Waals surface area contributed by atoms with Crippen molar-refractivity contribution in [2.75, 3.05) is 14.2 Å². The number of rotatable bonds is 5. The third kappa shape index (κ3) is 3.49. The van der Waals surface area contributed by atoms with Crippen LogP contribution in [-0.2, 0) is 6.42 Å². The highest BCUT2D eigenvalue weighted by molar-refractivity contribution is 6.43. The molecule has 0 unspecified atom stereocenters. The number of Topliss-reactive ketones (excluding diaryl/α,β-unsaturated/α-hetero) is 1. The standard InChI is InChI=1S/C16H14Cl2O3/c1-20-14-7-6-10(9-15(14)21-2)8-13(19)11-4-3-5-12(17)16(11)18/h3-7,9H,8H2,1-2H3. The first kappa shape index (κ1) is 15.7. The highest BCUT2D eigenvalue weighted by Gasteiger charge is 2.14. The Hall–Kier alpha value is -1.71. The Bertz CT molecular complexity index is 669. The third-order valence-corrected chi connectivity index (χ3v) is 3.88. The SMILES string of the molecule is COc1ccc(CC(=O)c2cccc(Cl)c2Cl)cc1OC. The molecular weight excluding hydrogens is 311 g/mol. The second kappa shape index (κ2) is 6.83. The van der Waals surface area contributed by atoms with Gasteiger partial charge in [-0.25, -0.2) is 0 Å². The molecule has 21 heavy (non-hydrogen) atoms. The van der Waals surface area contributed by atoms with Gasteiger partial charge >= 0.3 is 0 Å². The van der Waals surface area contributed by atoms with Gasteiger partial charge < -0.3 is 9.47 Å². The number of hydrogen-bond acceptors (Lipinski definition) is 3. The van der Waals surface area contributed by atoms with Crippen LogP contribution in [0.1, 0.15) is 15.9 Å². The van der Waals surface area contributed by atoms with E-state index in [4.69, 9.17) is 32.7 Å². The van der Waals surface area contributed by atoms with E-state index in [-0.39, 0.29) is 17.2 Å². The van der Waals surface area contributed by atoms with Crippen LogP contribution in [0.25, 0.3) is 0 Å². The molecule has 0 amide bonds. The van der Waals surface area contributed by atoms with Gasteiger partial charge in [0.1, 0.15) is 0 Å². The summed E-state index contributed by atoms with van der Waals surface area (Å²) in [6.45, 7) is 0. The monoisotopic (exact) mass is 324 g/mol. The maximum atomic E-state index is 12.3. The molecule has 2 rings (SSSR count). The van der Waals surface area contributed by atoms with Crippen molar-refractivity contribution in [3.63, 3.8) is 0 Å². The van der Waals surface area contributed by atoms with Gasteiger partial charge in [0.05, 0.1) is 24.3 Å². The highest BCUT2D eigenvalue weighted by Crippen LogP contribution is 2.29. The smallest absolute Gasteiger partial charge is 0.168 e. The van der Waals surface area contributed by atoms with Crippen LogP contribution in [0, 0.1) is 0 Å². The molecule has 0 bridgehead atoms. The molecular formula is C16H14Cl2O3. The van der Waals surface area contributed by atoms with Crippen molar-refractivity contribution in [1.29, 1.82) is 0 Å². The highest BCUT2D eigenvalue weighted by atomic mass is 35.5. The molecule has 0 aromatic heterocycles. The number of methoxy groups -OCH3 is 2. The number of carbonyl (C=O) groups excluding carboxylic acids is 1. The summed E-state index contributed by atoms with van der Waals surface area (Å²) in [5.74, 6) is 1.10. The number of carbonyl (C=O) groups is 1. The lowest BCUT2D eigenvalue weighted by Crippen LogP contribution is -2.05. The first-order valence-electron chi connectivity index (χ1n) is 6.25. The van der Waals surface area contributed by atoms with E-state index in [2.05, 4.69) is 0 Å². The van der Waals surface area contributed by atoms with Crippen molar-refractivity contribution < 1.29 is 14.3 Å². The zero-order valence-corrected chi connectivity index (χ0v) is 13.2. The molecule has 0 radical (unpaired) electrons. The summed E-state index contributed by atoms with van der Waals surface area (Å²) in [5.41, 5.74) is 1.23. The van der Waals surface area contributed by atoms with E-state index in [0.29, 0.717) is 22.1 Å².